The van der Waals surface area contributed by atoms with Gasteiger partial charge in [-0.3, -0.25) is 5.32 Å². The van der Waals surface area contributed by atoms with E-state index in [1.165, 1.54) is 6.08 Å². The molecule has 10 heteroatoms. The molecule has 1 atom stereocenters. The van der Waals surface area contributed by atoms with Gasteiger partial charge < -0.3 is 8.92 Å². The first-order valence-electron chi connectivity index (χ1n) is 8.56. The summed E-state index contributed by atoms with van der Waals surface area (Å²) in [5.74, 6) is -0.187. The van der Waals surface area contributed by atoms with Crippen molar-refractivity contribution in [3.63, 3.8) is 0 Å². The van der Waals surface area contributed by atoms with Crippen molar-refractivity contribution in [2.45, 2.75) is 57.1 Å². The summed E-state index contributed by atoms with van der Waals surface area (Å²) in [5, 5.41) is 2.61. The normalized spacial score (nSPS) is 18.2. The van der Waals surface area contributed by atoms with Crippen molar-refractivity contribution in [2.75, 3.05) is 5.32 Å². The molecule has 2 rings (SSSR count). The predicted molar refractivity (Wildman–Crippen MR) is 97.0 cm³/mol. The van der Waals surface area contributed by atoms with Crippen LogP contribution in [0.25, 0.3) is 0 Å². The molecule has 0 aromatic heterocycles. The number of amides is 1. The third-order valence-electron chi connectivity index (χ3n) is 3.90. The van der Waals surface area contributed by atoms with E-state index >= 15 is 0 Å². The molecule has 1 aromatic carbocycles. The first-order valence-corrected chi connectivity index (χ1v) is 9.97. The number of rotatable bonds is 4. The quantitative estimate of drug-likeness (QED) is 0.543. The third-order valence-corrected chi connectivity index (χ3v) is 4.90. The van der Waals surface area contributed by atoms with Crippen molar-refractivity contribution in [1.82, 2.24) is 0 Å². The monoisotopic (exact) mass is 421 g/mol. The van der Waals surface area contributed by atoms with Crippen LogP contribution in [0.5, 0.6) is 0 Å². The lowest BCUT2D eigenvalue weighted by Gasteiger charge is -2.23. The predicted octanol–water partition coefficient (Wildman–Crippen LogP) is 5.05. The Bertz CT molecular complexity index is 839. The summed E-state index contributed by atoms with van der Waals surface area (Å²) in [6.07, 6.45) is 1.66. The SMILES string of the molecule is CC(C)(C)OC(=O)Nc1ccc(C2CC=C(OS(=O)(=O)C(F)(F)F)CC2)cc1. The molecule has 1 unspecified atom stereocenters. The summed E-state index contributed by atoms with van der Waals surface area (Å²) in [6.45, 7) is 5.26. The van der Waals surface area contributed by atoms with E-state index in [9.17, 15) is 26.4 Å². The summed E-state index contributed by atoms with van der Waals surface area (Å²) in [4.78, 5) is 11.8. The second kappa shape index (κ2) is 8.02. The van der Waals surface area contributed by atoms with Crippen LogP contribution >= 0.6 is 0 Å². The van der Waals surface area contributed by atoms with Crippen molar-refractivity contribution >= 4 is 21.9 Å². The first-order chi connectivity index (χ1) is 12.8. The lowest BCUT2D eigenvalue weighted by atomic mass is 9.87. The maximum absolute atomic E-state index is 12.4. The van der Waals surface area contributed by atoms with Crippen molar-refractivity contribution in [2.24, 2.45) is 0 Å². The molecule has 0 fully saturated rings. The molecule has 0 heterocycles. The van der Waals surface area contributed by atoms with Crippen LogP contribution in [-0.4, -0.2) is 25.6 Å². The van der Waals surface area contributed by atoms with E-state index in [2.05, 4.69) is 9.50 Å². The van der Waals surface area contributed by atoms with Gasteiger partial charge in [0.25, 0.3) is 0 Å². The van der Waals surface area contributed by atoms with Crippen LogP contribution in [0.4, 0.5) is 23.7 Å². The van der Waals surface area contributed by atoms with Crippen molar-refractivity contribution < 1.29 is 35.3 Å². The van der Waals surface area contributed by atoms with Crippen LogP contribution in [-0.2, 0) is 19.0 Å². The topological polar surface area (TPSA) is 81.7 Å². The summed E-state index contributed by atoms with van der Waals surface area (Å²) in [6, 6.07) is 6.99. The number of carbonyl (C=O) groups is 1. The number of halogens is 3. The Labute approximate surface area is 161 Å². The lowest BCUT2D eigenvalue weighted by molar-refractivity contribution is -0.0524. The summed E-state index contributed by atoms with van der Waals surface area (Å²) >= 11 is 0. The molecule has 1 aromatic rings. The average molecular weight is 421 g/mol. The first kappa shape index (κ1) is 22.1. The average Bonchev–Trinajstić information content (AvgIpc) is 2.53. The van der Waals surface area contributed by atoms with Crippen LogP contribution in [0.3, 0.4) is 0 Å². The molecule has 0 radical (unpaired) electrons. The van der Waals surface area contributed by atoms with Gasteiger partial charge in [-0.15, -0.1) is 0 Å². The van der Waals surface area contributed by atoms with E-state index in [1.807, 2.05) is 0 Å². The highest BCUT2D eigenvalue weighted by molar-refractivity contribution is 7.87. The number of anilines is 1. The molecular formula is C18H22F3NO5S. The molecule has 0 bridgehead atoms. The molecule has 0 saturated carbocycles. The Morgan fingerprint density at radius 1 is 1.14 bits per heavy atom. The molecular weight excluding hydrogens is 399 g/mol. The highest BCUT2D eigenvalue weighted by Crippen LogP contribution is 2.35. The summed E-state index contributed by atoms with van der Waals surface area (Å²) in [5.41, 5.74) is -4.59. The van der Waals surface area contributed by atoms with Gasteiger partial charge in [0.05, 0.1) is 0 Å². The van der Waals surface area contributed by atoms with Gasteiger partial charge in [-0.05, 0) is 63.3 Å². The Balaban J connectivity index is 1.96. The standard InChI is InChI=1S/C18H22F3NO5S/c1-17(2,3)26-16(23)22-14-8-4-12(5-9-14)13-6-10-15(11-7-13)27-28(24,25)18(19,20)21/h4-5,8-10,13H,6-7,11H2,1-3H3,(H,22,23). The van der Waals surface area contributed by atoms with Crippen LogP contribution in [0.1, 0.15) is 51.5 Å². The van der Waals surface area contributed by atoms with Gasteiger partial charge in [-0.25, -0.2) is 4.79 Å². The lowest BCUT2D eigenvalue weighted by Crippen LogP contribution is -2.27. The van der Waals surface area contributed by atoms with E-state index in [1.54, 1.807) is 45.0 Å². The van der Waals surface area contributed by atoms with Gasteiger partial charge in [0, 0.05) is 12.1 Å². The zero-order valence-electron chi connectivity index (χ0n) is 15.7. The number of carbonyl (C=O) groups excluding carboxylic acids is 1. The molecule has 0 spiro atoms. The van der Waals surface area contributed by atoms with Crippen LogP contribution in [0.2, 0.25) is 0 Å². The summed E-state index contributed by atoms with van der Waals surface area (Å²) < 4.78 is 68.6. The van der Waals surface area contributed by atoms with E-state index in [-0.39, 0.29) is 18.1 Å². The minimum Gasteiger partial charge on any atom is -0.444 e. The Morgan fingerprint density at radius 2 is 1.75 bits per heavy atom. The fraction of sp³-hybridized carbons (Fsp3) is 0.500. The zero-order chi connectivity index (χ0) is 21.2. The van der Waals surface area contributed by atoms with Crippen molar-refractivity contribution in [3.05, 3.63) is 41.7 Å². The van der Waals surface area contributed by atoms with Gasteiger partial charge in [0.15, 0.2) is 0 Å². The molecule has 6 nitrogen and oxygen atoms in total. The number of benzene rings is 1. The second-order valence-electron chi connectivity index (χ2n) is 7.37. The van der Waals surface area contributed by atoms with Gasteiger partial charge in [-0.1, -0.05) is 12.1 Å². The van der Waals surface area contributed by atoms with E-state index in [0.717, 1.165) is 5.56 Å². The Kier molecular flexibility index (Phi) is 6.32. The number of ether oxygens (including phenoxy) is 1. The zero-order valence-corrected chi connectivity index (χ0v) is 16.5. The van der Waals surface area contributed by atoms with Gasteiger partial charge >= 0.3 is 21.7 Å². The highest BCUT2D eigenvalue weighted by Gasteiger charge is 2.48. The van der Waals surface area contributed by atoms with Crippen LogP contribution < -0.4 is 5.32 Å². The largest absolute Gasteiger partial charge is 0.534 e. The third kappa shape index (κ3) is 6.15. The van der Waals surface area contributed by atoms with E-state index < -0.39 is 27.3 Å². The Hall–Kier alpha value is -2.23. The molecule has 1 amide bonds. The number of hydrogen-bond acceptors (Lipinski definition) is 5. The number of nitrogens with one attached hydrogen (secondary N) is 1. The van der Waals surface area contributed by atoms with E-state index in [0.29, 0.717) is 18.5 Å². The maximum Gasteiger partial charge on any atom is 0.534 e. The molecule has 1 aliphatic carbocycles. The van der Waals surface area contributed by atoms with Crippen LogP contribution in [0, 0.1) is 0 Å². The molecule has 156 valence electrons. The van der Waals surface area contributed by atoms with Gasteiger partial charge in [0.1, 0.15) is 11.4 Å². The molecule has 1 N–H and O–H groups in total. The number of alkyl halides is 3. The number of allylic oxidation sites excluding steroid dienone is 2. The molecule has 1 aliphatic rings. The minimum absolute atomic E-state index is 0.0107. The number of hydrogen-bond donors (Lipinski definition) is 1. The maximum atomic E-state index is 12.4. The second-order valence-corrected chi connectivity index (χ2v) is 8.91. The van der Waals surface area contributed by atoms with E-state index in [4.69, 9.17) is 4.74 Å². The fourth-order valence-electron chi connectivity index (χ4n) is 2.64. The van der Waals surface area contributed by atoms with Crippen molar-refractivity contribution in [3.8, 4) is 0 Å². The summed E-state index contributed by atoms with van der Waals surface area (Å²) in [7, 11) is -5.63. The smallest absolute Gasteiger partial charge is 0.444 e. The highest BCUT2D eigenvalue weighted by atomic mass is 32.2. The van der Waals surface area contributed by atoms with Crippen LogP contribution in [0.15, 0.2) is 36.1 Å². The van der Waals surface area contributed by atoms with Gasteiger partial charge in [-0.2, -0.15) is 21.6 Å². The van der Waals surface area contributed by atoms with Crippen molar-refractivity contribution in [1.29, 1.82) is 0 Å². The van der Waals surface area contributed by atoms with Gasteiger partial charge in [0.2, 0.25) is 0 Å². The molecule has 0 saturated heterocycles. The molecule has 0 aliphatic heterocycles. The fourth-order valence-corrected chi connectivity index (χ4v) is 3.16. The Morgan fingerprint density at radius 3 is 2.21 bits per heavy atom. The molecule has 28 heavy (non-hydrogen) atoms. The minimum atomic E-state index is -5.63.